The van der Waals surface area contributed by atoms with Gasteiger partial charge in [-0.15, -0.1) is 5.10 Å². The zero-order chi connectivity index (χ0) is 20.6. The quantitative estimate of drug-likeness (QED) is 0.225. The first-order chi connectivity index (χ1) is 13.1. The Morgan fingerprint density at radius 2 is 1.93 bits per heavy atom. The molecule has 3 aromatic rings. The normalized spacial score (nSPS) is 11.4. The lowest BCUT2D eigenvalue weighted by atomic mass is 10.1. The Morgan fingerprint density at radius 3 is 2.57 bits per heavy atom. The third-order valence-electron chi connectivity index (χ3n) is 3.60. The summed E-state index contributed by atoms with van der Waals surface area (Å²) in [5, 5.41) is 48.6. The van der Waals surface area contributed by atoms with Crippen molar-refractivity contribution in [3.8, 4) is 34.1 Å². The number of alkyl halides is 3. The lowest BCUT2D eigenvalue weighted by Crippen LogP contribution is -2.26. The van der Waals surface area contributed by atoms with E-state index in [-0.39, 0.29) is 16.0 Å². The molecular formula is C15H8F3N5O5. The Labute approximate surface area is 152 Å². The van der Waals surface area contributed by atoms with E-state index in [1.54, 1.807) is 0 Å². The smallest absolute Gasteiger partial charge is 0.417 e. The molecule has 2 aromatic heterocycles. The number of aromatic hydroxyl groups is 2. The number of pyridine rings is 1. The Morgan fingerprint density at radius 1 is 1.21 bits per heavy atom. The molecule has 0 fully saturated rings. The highest BCUT2D eigenvalue weighted by molar-refractivity contribution is 5.71. The number of halogens is 3. The van der Waals surface area contributed by atoms with Crippen LogP contribution in [-0.4, -0.2) is 30.3 Å². The fraction of sp³-hybridized carbons (Fsp3) is 0.0667. The van der Waals surface area contributed by atoms with Gasteiger partial charge in [-0.1, -0.05) is 0 Å². The molecular weight excluding hydrogens is 387 g/mol. The Kier molecular flexibility index (Phi) is 4.42. The third-order valence-corrected chi connectivity index (χ3v) is 3.60. The number of hydrogen-bond acceptors (Lipinski definition) is 8. The van der Waals surface area contributed by atoms with E-state index in [0.717, 1.165) is 18.3 Å². The number of phenols is 2. The van der Waals surface area contributed by atoms with Gasteiger partial charge in [-0.2, -0.15) is 23.0 Å². The van der Waals surface area contributed by atoms with Gasteiger partial charge in [0.2, 0.25) is 5.75 Å². The molecule has 2 heterocycles. The van der Waals surface area contributed by atoms with Crippen molar-refractivity contribution in [2.75, 3.05) is 0 Å². The number of nitro groups is 1. The molecule has 0 spiro atoms. The molecule has 0 unspecified atom stereocenters. The van der Waals surface area contributed by atoms with Crippen molar-refractivity contribution in [3.63, 3.8) is 0 Å². The van der Waals surface area contributed by atoms with Gasteiger partial charge in [0.1, 0.15) is 0 Å². The molecule has 0 aliphatic carbocycles. The average molecular weight is 395 g/mol. The highest BCUT2D eigenvalue weighted by Gasteiger charge is 2.36. The molecule has 0 saturated carbocycles. The standard InChI is InChI=1S/C15H8F3N5O5/c16-15(17,18)9-1-2-22(26)6-8(9)14-20-10(5-19-21-14)7-3-11(23(27)28)13(25)12(24)4-7/h1-6,24-25H. The predicted octanol–water partition coefficient (Wildman–Crippen LogP) is 2.18. The van der Waals surface area contributed by atoms with Crippen molar-refractivity contribution in [2.24, 2.45) is 0 Å². The van der Waals surface area contributed by atoms with E-state index in [1.807, 2.05) is 0 Å². The van der Waals surface area contributed by atoms with Gasteiger partial charge >= 0.3 is 11.9 Å². The summed E-state index contributed by atoms with van der Waals surface area (Å²) in [6.07, 6.45) is -2.55. The number of phenolic OH excluding ortho intramolecular Hbond substituents is 2. The first kappa shape index (κ1) is 18.8. The van der Waals surface area contributed by atoms with Gasteiger partial charge in [-0.05, 0) is 6.07 Å². The monoisotopic (exact) mass is 395 g/mol. The fourth-order valence-electron chi connectivity index (χ4n) is 2.35. The molecule has 0 atom stereocenters. The van der Waals surface area contributed by atoms with Gasteiger partial charge in [0, 0.05) is 17.7 Å². The maximum Gasteiger partial charge on any atom is 0.417 e. The van der Waals surface area contributed by atoms with Crippen molar-refractivity contribution in [1.29, 1.82) is 0 Å². The maximum absolute atomic E-state index is 13.2. The van der Waals surface area contributed by atoms with Crippen molar-refractivity contribution < 1.29 is 33.0 Å². The second kappa shape index (κ2) is 6.61. The first-order valence-electron chi connectivity index (χ1n) is 7.28. The molecule has 2 N–H and O–H groups in total. The highest BCUT2D eigenvalue weighted by atomic mass is 19.4. The minimum Gasteiger partial charge on any atom is -0.619 e. The van der Waals surface area contributed by atoms with E-state index in [9.17, 15) is 38.7 Å². The molecule has 0 radical (unpaired) electrons. The van der Waals surface area contributed by atoms with Crippen LogP contribution in [0, 0.1) is 15.3 Å². The lowest BCUT2D eigenvalue weighted by molar-refractivity contribution is -0.605. The Balaban J connectivity index is 2.18. The lowest BCUT2D eigenvalue weighted by Gasteiger charge is -2.11. The van der Waals surface area contributed by atoms with Crippen molar-refractivity contribution >= 4 is 5.69 Å². The van der Waals surface area contributed by atoms with E-state index >= 15 is 0 Å². The summed E-state index contributed by atoms with van der Waals surface area (Å²) in [6, 6.07) is 2.32. The Hall–Kier alpha value is -4.03. The van der Waals surface area contributed by atoms with Crippen LogP contribution >= 0.6 is 0 Å². The number of rotatable bonds is 3. The zero-order valence-electron chi connectivity index (χ0n) is 13.5. The molecule has 28 heavy (non-hydrogen) atoms. The number of hydrogen-bond donors (Lipinski definition) is 2. The second-order valence-corrected chi connectivity index (χ2v) is 5.42. The van der Waals surface area contributed by atoms with E-state index in [0.29, 0.717) is 18.5 Å². The maximum atomic E-state index is 13.2. The van der Waals surface area contributed by atoms with Crippen molar-refractivity contribution in [3.05, 3.63) is 57.7 Å². The number of nitro benzene ring substituents is 1. The number of benzene rings is 1. The van der Waals surface area contributed by atoms with Gasteiger partial charge in [-0.3, -0.25) is 10.1 Å². The SMILES string of the molecule is O=[N+]([O-])c1cc(-c2cnnc(-c3c[n+]([O-])ccc3C(F)(F)F)n2)cc(O)c1O. The number of nitrogens with zero attached hydrogens (tertiary/aromatic N) is 5. The van der Waals surface area contributed by atoms with Gasteiger partial charge in [0.15, 0.2) is 24.0 Å². The van der Waals surface area contributed by atoms with Crippen molar-refractivity contribution in [1.82, 2.24) is 15.2 Å². The summed E-state index contributed by atoms with van der Waals surface area (Å²) in [5.74, 6) is -2.38. The van der Waals surface area contributed by atoms with Gasteiger partial charge in [0.25, 0.3) is 0 Å². The molecule has 10 nitrogen and oxygen atoms in total. The van der Waals surface area contributed by atoms with Crippen LogP contribution in [0.25, 0.3) is 22.6 Å². The first-order valence-corrected chi connectivity index (χ1v) is 7.28. The minimum absolute atomic E-state index is 0.113. The van der Waals surface area contributed by atoms with Crippen LogP contribution in [-0.2, 0) is 6.18 Å². The van der Waals surface area contributed by atoms with Crippen LogP contribution in [0.15, 0.2) is 36.8 Å². The Bertz CT molecular complexity index is 1090. The predicted molar refractivity (Wildman–Crippen MR) is 84.6 cm³/mol. The zero-order valence-corrected chi connectivity index (χ0v) is 13.5. The van der Waals surface area contributed by atoms with E-state index < -0.39 is 45.2 Å². The average Bonchev–Trinajstić information content (AvgIpc) is 2.62. The summed E-state index contributed by atoms with van der Waals surface area (Å²) < 4.78 is 39.7. The summed E-state index contributed by atoms with van der Waals surface area (Å²) in [6.45, 7) is 0. The topological polar surface area (TPSA) is 149 Å². The van der Waals surface area contributed by atoms with E-state index in [4.69, 9.17) is 0 Å². The molecule has 3 rings (SSSR count). The van der Waals surface area contributed by atoms with Gasteiger partial charge in [-0.25, -0.2) is 4.98 Å². The van der Waals surface area contributed by atoms with E-state index in [1.165, 1.54) is 0 Å². The molecule has 13 heteroatoms. The minimum atomic E-state index is -4.81. The summed E-state index contributed by atoms with van der Waals surface area (Å²) in [4.78, 5) is 13.9. The van der Waals surface area contributed by atoms with E-state index in [2.05, 4.69) is 15.2 Å². The fourth-order valence-corrected chi connectivity index (χ4v) is 2.35. The van der Waals surface area contributed by atoms with Crippen LogP contribution in [0.1, 0.15) is 5.56 Å². The summed E-state index contributed by atoms with van der Waals surface area (Å²) in [7, 11) is 0. The molecule has 0 amide bonds. The largest absolute Gasteiger partial charge is 0.619 e. The second-order valence-electron chi connectivity index (χ2n) is 5.42. The van der Waals surface area contributed by atoms with Crippen molar-refractivity contribution in [2.45, 2.75) is 6.18 Å². The molecule has 0 aliphatic rings. The van der Waals surface area contributed by atoms with Crippen LogP contribution < -0.4 is 4.73 Å². The summed E-state index contributed by atoms with van der Waals surface area (Å²) in [5.41, 5.74) is -2.98. The molecule has 144 valence electrons. The third kappa shape index (κ3) is 3.44. The highest BCUT2D eigenvalue weighted by Crippen LogP contribution is 2.39. The van der Waals surface area contributed by atoms with Gasteiger partial charge < -0.3 is 15.4 Å². The molecule has 0 aliphatic heterocycles. The summed E-state index contributed by atoms with van der Waals surface area (Å²) >= 11 is 0. The molecule has 1 aromatic carbocycles. The van der Waals surface area contributed by atoms with Crippen LogP contribution in [0.5, 0.6) is 11.5 Å². The molecule has 0 saturated heterocycles. The van der Waals surface area contributed by atoms with Crippen LogP contribution in [0.3, 0.4) is 0 Å². The van der Waals surface area contributed by atoms with Gasteiger partial charge in [0.05, 0.1) is 27.9 Å². The number of aromatic nitrogens is 4. The van der Waals surface area contributed by atoms with Crippen LogP contribution in [0.4, 0.5) is 18.9 Å². The van der Waals surface area contributed by atoms with Crippen LogP contribution in [0.2, 0.25) is 0 Å². The molecule has 0 bridgehead atoms.